The number of ether oxygens (including phenoxy) is 2. The second kappa shape index (κ2) is 6.42. The summed E-state index contributed by atoms with van der Waals surface area (Å²) < 4.78 is 13.0. The van der Waals surface area contributed by atoms with Gasteiger partial charge in [-0.2, -0.15) is 0 Å². The molecule has 2 saturated heterocycles. The van der Waals surface area contributed by atoms with E-state index in [1.165, 1.54) is 22.3 Å². The lowest BCUT2D eigenvalue weighted by Gasteiger charge is -2.38. The number of hydrogen-bond acceptors (Lipinski definition) is 4. The fourth-order valence-electron chi connectivity index (χ4n) is 5.50. The fraction of sp³-hybridized carbons (Fsp3) is 0.478. The van der Waals surface area contributed by atoms with Gasteiger partial charge in [0.1, 0.15) is 13.5 Å². The minimum Gasteiger partial charge on any atom is -0.361 e. The topological polar surface area (TPSA) is 24.9 Å². The zero-order valence-corrected chi connectivity index (χ0v) is 15.6. The molecule has 2 aromatic carbocycles. The SMILES string of the molecule is c1ccc2c(c1)C[C@@H]1OCN3CN(CO[C@@H]4Cc5ccccc5C[C@@H]43)[C@H]1C2. The summed E-state index contributed by atoms with van der Waals surface area (Å²) in [6, 6.07) is 18.5. The molecule has 4 nitrogen and oxygen atoms in total. The second-order valence-electron chi connectivity index (χ2n) is 8.48. The molecule has 0 radical (unpaired) electrons. The first-order chi connectivity index (χ1) is 13.3. The Labute approximate surface area is 160 Å². The molecule has 4 aliphatic rings. The van der Waals surface area contributed by atoms with Crippen molar-refractivity contribution < 1.29 is 9.47 Å². The van der Waals surface area contributed by atoms with Gasteiger partial charge in [-0.15, -0.1) is 0 Å². The van der Waals surface area contributed by atoms with E-state index in [4.69, 9.17) is 9.47 Å². The zero-order valence-electron chi connectivity index (χ0n) is 15.6. The van der Waals surface area contributed by atoms with Crippen molar-refractivity contribution >= 4 is 0 Å². The van der Waals surface area contributed by atoms with E-state index in [1.54, 1.807) is 0 Å². The molecule has 0 N–H and O–H groups in total. The summed E-state index contributed by atoms with van der Waals surface area (Å²) in [6.07, 6.45) is 4.69. The van der Waals surface area contributed by atoms with Crippen molar-refractivity contribution in [2.75, 3.05) is 20.1 Å². The number of nitrogens with zero attached hydrogens (tertiary/aromatic N) is 2. The summed E-state index contributed by atoms with van der Waals surface area (Å²) in [7, 11) is 0. The molecule has 2 heterocycles. The van der Waals surface area contributed by atoms with Gasteiger partial charge < -0.3 is 9.47 Å². The summed E-state index contributed by atoms with van der Waals surface area (Å²) in [4.78, 5) is 5.05. The normalized spacial score (nSPS) is 37.0. The first-order valence-electron chi connectivity index (χ1n) is 10.2. The highest BCUT2D eigenvalue weighted by Gasteiger charge is 2.43. The van der Waals surface area contributed by atoms with E-state index in [0.717, 1.165) is 32.4 Å². The molecule has 2 bridgehead atoms. The molecule has 0 saturated carbocycles. The Morgan fingerprint density at radius 2 is 1.00 bits per heavy atom. The predicted molar refractivity (Wildman–Crippen MR) is 103 cm³/mol. The maximum atomic E-state index is 6.50. The Morgan fingerprint density at radius 1 is 0.593 bits per heavy atom. The Kier molecular flexibility index (Phi) is 3.86. The van der Waals surface area contributed by atoms with Crippen LogP contribution < -0.4 is 0 Å². The van der Waals surface area contributed by atoms with Crippen molar-refractivity contribution in [3.63, 3.8) is 0 Å². The highest BCUT2D eigenvalue weighted by Crippen LogP contribution is 2.34. The van der Waals surface area contributed by atoms with E-state index >= 15 is 0 Å². The van der Waals surface area contributed by atoms with Gasteiger partial charge in [0.15, 0.2) is 0 Å². The van der Waals surface area contributed by atoms with Gasteiger partial charge in [-0.1, -0.05) is 48.5 Å². The van der Waals surface area contributed by atoms with Crippen LogP contribution in [0.25, 0.3) is 0 Å². The van der Waals surface area contributed by atoms with Crippen molar-refractivity contribution in [1.82, 2.24) is 9.80 Å². The monoisotopic (exact) mass is 362 g/mol. The molecule has 6 atom stereocenters. The second-order valence-corrected chi connectivity index (χ2v) is 8.48. The van der Waals surface area contributed by atoms with Crippen molar-refractivity contribution in [2.45, 2.75) is 50.0 Å². The van der Waals surface area contributed by atoms with Gasteiger partial charge in [0.05, 0.1) is 18.9 Å². The van der Waals surface area contributed by atoms with E-state index in [1.807, 2.05) is 0 Å². The van der Waals surface area contributed by atoms with Crippen molar-refractivity contribution in [2.24, 2.45) is 0 Å². The predicted octanol–water partition coefficient (Wildman–Crippen LogP) is 2.60. The van der Waals surface area contributed by atoms with Crippen molar-refractivity contribution in [3.8, 4) is 0 Å². The van der Waals surface area contributed by atoms with Crippen LogP contribution in [0, 0.1) is 0 Å². The molecular weight excluding hydrogens is 336 g/mol. The standard InChI is InChI=1S/C23H26N2O2/c1-3-7-18-11-22-20(9-16(18)5-1)24-13-25(15-26-22)21-10-17-6-2-4-8-19(17)12-23(21)27-14-24/h1-8,20-23H,9-15H2/t20-,21-,22-,23+/m0/s1. The largest absolute Gasteiger partial charge is 0.361 e. The fourth-order valence-corrected chi connectivity index (χ4v) is 5.50. The molecule has 0 aromatic heterocycles. The summed E-state index contributed by atoms with van der Waals surface area (Å²) in [5.74, 6) is 0. The molecular formula is C23H26N2O2. The molecule has 27 heavy (non-hydrogen) atoms. The van der Waals surface area contributed by atoms with Gasteiger partial charge in [-0.3, -0.25) is 9.80 Å². The summed E-state index contributed by atoms with van der Waals surface area (Å²) in [6.45, 7) is 2.38. The maximum absolute atomic E-state index is 6.50. The molecule has 2 aliphatic carbocycles. The van der Waals surface area contributed by atoms with Gasteiger partial charge in [-0.25, -0.2) is 0 Å². The van der Waals surface area contributed by atoms with E-state index in [2.05, 4.69) is 58.3 Å². The van der Waals surface area contributed by atoms with Gasteiger partial charge in [0, 0.05) is 24.9 Å². The molecule has 2 unspecified atom stereocenters. The van der Waals surface area contributed by atoms with Gasteiger partial charge in [0.25, 0.3) is 0 Å². The van der Waals surface area contributed by atoms with Crippen LogP contribution in [0.4, 0.5) is 0 Å². The first-order valence-corrected chi connectivity index (χ1v) is 10.2. The molecule has 4 heteroatoms. The van der Waals surface area contributed by atoms with Gasteiger partial charge >= 0.3 is 0 Å². The molecule has 140 valence electrons. The summed E-state index contributed by atoms with van der Waals surface area (Å²) in [5, 5.41) is 0. The van der Waals surface area contributed by atoms with Crippen LogP contribution in [-0.2, 0) is 35.2 Å². The molecule has 0 amide bonds. The molecule has 2 aromatic rings. The van der Waals surface area contributed by atoms with Crippen LogP contribution in [0.3, 0.4) is 0 Å². The summed E-state index contributed by atoms with van der Waals surface area (Å²) >= 11 is 0. The third-order valence-corrected chi connectivity index (χ3v) is 7.01. The lowest BCUT2D eigenvalue weighted by atomic mass is 9.85. The maximum Gasteiger partial charge on any atom is 0.101 e. The average molecular weight is 362 g/mol. The third-order valence-electron chi connectivity index (χ3n) is 7.01. The van der Waals surface area contributed by atoms with Crippen molar-refractivity contribution in [1.29, 1.82) is 0 Å². The van der Waals surface area contributed by atoms with Crippen LogP contribution in [0.15, 0.2) is 48.5 Å². The number of benzene rings is 2. The quantitative estimate of drug-likeness (QED) is 0.719. The highest BCUT2D eigenvalue weighted by molar-refractivity contribution is 5.33. The Balaban J connectivity index is 1.30. The minimum absolute atomic E-state index is 0.265. The number of fused-ring (bicyclic) bond motifs is 8. The first kappa shape index (κ1) is 16.3. The van der Waals surface area contributed by atoms with E-state index in [-0.39, 0.29) is 12.2 Å². The average Bonchev–Trinajstić information content (AvgIpc) is 3.00. The Bertz CT molecular complexity index is 784. The van der Waals surface area contributed by atoms with Crippen molar-refractivity contribution in [3.05, 3.63) is 70.8 Å². The smallest absolute Gasteiger partial charge is 0.101 e. The van der Waals surface area contributed by atoms with E-state index < -0.39 is 0 Å². The van der Waals surface area contributed by atoms with Crippen LogP contribution in [0.1, 0.15) is 22.3 Å². The van der Waals surface area contributed by atoms with E-state index in [9.17, 15) is 0 Å². The third kappa shape index (κ3) is 2.74. The van der Waals surface area contributed by atoms with Gasteiger partial charge in [-0.05, 0) is 35.1 Å². The number of hydrogen-bond donors (Lipinski definition) is 0. The summed E-state index contributed by atoms with van der Waals surface area (Å²) in [5.41, 5.74) is 5.86. The number of rotatable bonds is 0. The van der Waals surface area contributed by atoms with E-state index in [0.29, 0.717) is 25.5 Å². The van der Waals surface area contributed by atoms with Crippen LogP contribution in [0.2, 0.25) is 0 Å². The lowest BCUT2D eigenvalue weighted by molar-refractivity contribution is -0.0878. The Hall–Kier alpha value is -1.72. The Morgan fingerprint density at radius 3 is 1.44 bits per heavy atom. The zero-order chi connectivity index (χ0) is 17.8. The van der Waals surface area contributed by atoms with Crippen LogP contribution in [-0.4, -0.2) is 54.2 Å². The lowest BCUT2D eigenvalue weighted by Crippen LogP contribution is -2.49. The minimum atomic E-state index is 0.265. The van der Waals surface area contributed by atoms with Crippen LogP contribution >= 0.6 is 0 Å². The van der Waals surface area contributed by atoms with Crippen LogP contribution in [0.5, 0.6) is 0 Å². The molecule has 2 fully saturated rings. The van der Waals surface area contributed by atoms with Gasteiger partial charge in [0.2, 0.25) is 0 Å². The molecule has 6 rings (SSSR count). The highest BCUT2D eigenvalue weighted by atomic mass is 16.5. The molecule has 2 aliphatic heterocycles. The molecule has 0 spiro atoms.